The SMILES string of the molecule is CC(CC(=O)O)OC12CC3CC(CC(C3)C1)C2. The minimum Gasteiger partial charge on any atom is -0.481 e. The van der Waals surface area contributed by atoms with Gasteiger partial charge in [0.2, 0.25) is 0 Å². The minimum absolute atomic E-state index is 0.0453. The van der Waals surface area contributed by atoms with E-state index in [0.29, 0.717) is 0 Å². The van der Waals surface area contributed by atoms with Crippen molar-refractivity contribution in [1.29, 1.82) is 0 Å². The molecule has 3 nitrogen and oxygen atoms in total. The van der Waals surface area contributed by atoms with Crippen molar-refractivity contribution in [2.45, 2.75) is 63.6 Å². The van der Waals surface area contributed by atoms with Crippen LogP contribution in [0.5, 0.6) is 0 Å². The van der Waals surface area contributed by atoms with Crippen LogP contribution in [0.15, 0.2) is 0 Å². The first-order valence-corrected chi connectivity index (χ1v) is 6.94. The van der Waals surface area contributed by atoms with Gasteiger partial charge in [0.25, 0.3) is 0 Å². The van der Waals surface area contributed by atoms with Gasteiger partial charge in [-0.15, -0.1) is 0 Å². The van der Waals surface area contributed by atoms with E-state index in [2.05, 4.69) is 0 Å². The Hall–Kier alpha value is -0.570. The molecule has 0 amide bonds. The van der Waals surface area contributed by atoms with Gasteiger partial charge in [-0.3, -0.25) is 4.79 Å². The van der Waals surface area contributed by atoms with Gasteiger partial charge in [0, 0.05) is 0 Å². The van der Waals surface area contributed by atoms with Crippen LogP contribution in [-0.2, 0) is 9.53 Å². The largest absolute Gasteiger partial charge is 0.481 e. The number of hydrogen-bond donors (Lipinski definition) is 1. The topological polar surface area (TPSA) is 46.5 Å². The summed E-state index contributed by atoms with van der Waals surface area (Å²) in [6.07, 6.45) is 7.75. The van der Waals surface area contributed by atoms with Crippen molar-refractivity contribution in [3.8, 4) is 0 Å². The number of carboxylic acids is 1. The zero-order valence-corrected chi connectivity index (χ0v) is 10.5. The molecule has 0 heterocycles. The van der Waals surface area contributed by atoms with E-state index >= 15 is 0 Å². The molecule has 0 spiro atoms. The molecule has 17 heavy (non-hydrogen) atoms. The van der Waals surface area contributed by atoms with Crippen LogP contribution in [0.25, 0.3) is 0 Å². The highest BCUT2D eigenvalue weighted by atomic mass is 16.5. The fraction of sp³-hybridized carbons (Fsp3) is 0.929. The lowest BCUT2D eigenvalue weighted by Gasteiger charge is -2.56. The summed E-state index contributed by atoms with van der Waals surface area (Å²) in [6, 6.07) is 0. The summed E-state index contributed by atoms with van der Waals surface area (Å²) in [5.41, 5.74) is 0.0453. The average molecular weight is 238 g/mol. The number of rotatable bonds is 4. The van der Waals surface area contributed by atoms with E-state index in [4.69, 9.17) is 9.84 Å². The predicted molar refractivity (Wildman–Crippen MR) is 63.7 cm³/mol. The monoisotopic (exact) mass is 238 g/mol. The quantitative estimate of drug-likeness (QED) is 0.819. The van der Waals surface area contributed by atoms with E-state index in [9.17, 15) is 4.79 Å². The van der Waals surface area contributed by atoms with Crippen LogP contribution in [0.2, 0.25) is 0 Å². The van der Waals surface area contributed by atoms with Gasteiger partial charge >= 0.3 is 5.97 Å². The zero-order valence-electron chi connectivity index (χ0n) is 10.5. The average Bonchev–Trinajstić information content (AvgIpc) is 2.11. The van der Waals surface area contributed by atoms with Gasteiger partial charge < -0.3 is 9.84 Å². The highest BCUT2D eigenvalue weighted by Gasteiger charge is 2.52. The molecule has 0 aromatic heterocycles. The second kappa shape index (κ2) is 3.98. The Morgan fingerprint density at radius 2 is 1.71 bits per heavy atom. The standard InChI is InChI=1S/C14H22O3/c1-9(2-13(15)16)17-14-6-10-3-11(7-14)5-12(4-10)8-14/h9-12H,2-8H2,1H3,(H,15,16). The van der Waals surface area contributed by atoms with Crippen LogP contribution in [0.4, 0.5) is 0 Å². The molecule has 4 aliphatic rings. The third-order valence-electron chi connectivity index (χ3n) is 4.90. The third kappa shape index (κ3) is 2.22. The molecule has 3 heteroatoms. The number of carbonyl (C=O) groups is 1. The number of carboxylic acid groups (broad SMARTS) is 1. The Balaban J connectivity index is 1.67. The van der Waals surface area contributed by atoms with Gasteiger partial charge in [-0.25, -0.2) is 0 Å². The van der Waals surface area contributed by atoms with Crippen molar-refractivity contribution < 1.29 is 14.6 Å². The van der Waals surface area contributed by atoms with E-state index in [0.717, 1.165) is 17.8 Å². The van der Waals surface area contributed by atoms with E-state index in [1.54, 1.807) is 0 Å². The molecule has 96 valence electrons. The molecule has 4 fully saturated rings. The first-order chi connectivity index (χ1) is 8.05. The summed E-state index contributed by atoms with van der Waals surface area (Å²) in [6.45, 7) is 1.91. The number of hydrogen-bond acceptors (Lipinski definition) is 2. The summed E-state index contributed by atoms with van der Waals surface area (Å²) >= 11 is 0. The van der Waals surface area contributed by atoms with Gasteiger partial charge in [0.05, 0.1) is 18.1 Å². The van der Waals surface area contributed by atoms with Crippen LogP contribution in [0.3, 0.4) is 0 Å². The molecule has 4 rings (SSSR count). The lowest BCUT2D eigenvalue weighted by molar-refractivity contribution is -0.188. The molecule has 4 bridgehead atoms. The molecule has 4 aliphatic carbocycles. The second-order valence-corrected chi connectivity index (χ2v) is 6.63. The van der Waals surface area contributed by atoms with Gasteiger partial charge in [0.1, 0.15) is 0 Å². The third-order valence-corrected chi connectivity index (χ3v) is 4.90. The molecule has 1 atom stereocenters. The fourth-order valence-electron chi connectivity index (χ4n) is 4.89. The normalized spacial score (nSPS) is 44.9. The summed E-state index contributed by atoms with van der Waals surface area (Å²) in [7, 11) is 0. The molecule has 0 aromatic rings. The minimum atomic E-state index is -0.748. The number of aliphatic carboxylic acids is 1. The molecule has 0 aromatic carbocycles. The molecule has 0 saturated heterocycles. The van der Waals surface area contributed by atoms with Crippen LogP contribution in [-0.4, -0.2) is 22.8 Å². The highest BCUT2D eigenvalue weighted by molar-refractivity contribution is 5.67. The van der Waals surface area contributed by atoms with Crippen molar-refractivity contribution in [2.24, 2.45) is 17.8 Å². The maximum absolute atomic E-state index is 10.7. The molecule has 0 radical (unpaired) electrons. The smallest absolute Gasteiger partial charge is 0.305 e. The Kier molecular flexibility index (Phi) is 2.69. The van der Waals surface area contributed by atoms with Gasteiger partial charge in [0.15, 0.2) is 0 Å². The molecule has 4 saturated carbocycles. The summed E-state index contributed by atoms with van der Waals surface area (Å²) in [5, 5.41) is 8.82. The van der Waals surface area contributed by atoms with E-state index in [1.165, 1.54) is 38.5 Å². The van der Waals surface area contributed by atoms with Crippen molar-refractivity contribution >= 4 is 5.97 Å². The van der Waals surface area contributed by atoms with Crippen LogP contribution in [0.1, 0.15) is 51.9 Å². The Bertz CT molecular complexity index is 288. The first-order valence-electron chi connectivity index (χ1n) is 6.94. The lowest BCUT2D eigenvalue weighted by atomic mass is 9.54. The second-order valence-electron chi connectivity index (χ2n) is 6.63. The number of ether oxygens (including phenoxy) is 1. The maximum atomic E-state index is 10.7. The molecular formula is C14H22O3. The van der Waals surface area contributed by atoms with E-state index in [-0.39, 0.29) is 18.1 Å². The van der Waals surface area contributed by atoms with Crippen LogP contribution >= 0.6 is 0 Å². The Morgan fingerprint density at radius 1 is 1.24 bits per heavy atom. The van der Waals surface area contributed by atoms with Crippen LogP contribution < -0.4 is 0 Å². The van der Waals surface area contributed by atoms with Gasteiger partial charge in [-0.1, -0.05) is 0 Å². The van der Waals surface area contributed by atoms with E-state index in [1.807, 2.05) is 6.92 Å². The van der Waals surface area contributed by atoms with Crippen LogP contribution in [0, 0.1) is 17.8 Å². The molecule has 1 N–H and O–H groups in total. The van der Waals surface area contributed by atoms with Gasteiger partial charge in [-0.05, 0) is 63.2 Å². The van der Waals surface area contributed by atoms with Crippen molar-refractivity contribution in [1.82, 2.24) is 0 Å². The fourth-order valence-corrected chi connectivity index (χ4v) is 4.89. The molecular weight excluding hydrogens is 216 g/mol. The summed E-state index contributed by atoms with van der Waals surface area (Å²) < 4.78 is 6.18. The zero-order chi connectivity index (χ0) is 12.0. The lowest BCUT2D eigenvalue weighted by Crippen LogP contribution is -2.53. The van der Waals surface area contributed by atoms with Gasteiger partial charge in [-0.2, -0.15) is 0 Å². The van der Waals surface area contributed by atoms with Crippen molar-refractivity contribution in [2.75, 3.05) is 0 Å². The predicted octanol–water partition coefficient (Wildman–Crippen LogP) is 2.84. The van der Waals surface area contributed by atoms with E-state index < -0.39 is 5.97 Å². The summed E-state index contributed by atoms with van der Waals surface area (Å²) in [4.78, 5) is 10.7. The Labute approximate surface area is 103 Å². The molecule has 1 unspecified atom stereocenters. The maximum Gasteiger partial charge on any atom is 0.305 e. The van der Waals surface area contributed by atoms with Crippen molar-refractivity contribution in [3.05, 3.63) is 0 Å². The first kappa shape index (κ1) is 11.5. The van der Waals surface area contributed by atoms with Crippen molar-refractivity contribution in [3.63, 3.8) is 0 Å². The summed E-state index contributed by atoms with van der Waals surface area (Å²) in [5.74, 6) is 1.83. The highest BCUT2D eigenvalue weighted by Crippen LogP contribution is 2.57. The Morgan fingerprint density at radius 3 is 2.12 bits per heavy atom. The molecule has 0 aliphatic heterocycles.